The number of hydrogen-bond acceptors (Lipinski definition) is 3. The number of methoxy groups -OCH3 is 1. The first-order chi connectivity index (χ1) is 8.85. The predicted molar refractivity (Wildman–Crippen MR) is 79.1 cm³/mol. The molecule has 18 heavy (non-hydrogen) atoms. The van der Waals surface area contributed by atoms with Gasteiger partial charge in [0.15, 0.2) is 11.5 Å². The standard InChI is InChI=1S/C14H15BrO2S/c1-16-13-4-2-3-12(9-15)14(13)17-7-5-11-6-8-18-10-11/h2-4,6,8,10H,5,7,9H2,1H3. The number of para-hydroxylation sites is 1. The Labute approximate surface area is 120 Å². The molecule has 0 saturated heterocycles. The van der Waals surface area contributed by atoms with Crippen molar-refractivity contribution in [2.24, 2.45) is 0 Å². The number of benzene rings is 1. The van der Waals surface area contributed by atoms with E-state index in [1.807, 2.05) is 18.2 Å². The summed E-state index contributed by atoms with van der Waals surface area (Å²) in [6.45, 7) is 0.664. The number of thiophene rings is 1. The summed E-state index contributed by atoms with van der Waals surface area (Å²) in [5.74, 6) is 1.63. The fraction of sp³-hybridized carbons (Fsp3) is 0.286. The summed E-state index contributed by atoms with van der Waals surface area (Å²) in [6, 6.07) is 8.06. The Hall–Kier alpha value is -1.00. The second kappa shape index (κ2) is 6.81. The minimum Gasteiger partial charge on any atom is -0.493 e. The van der Waals surface area contributed by atoms with Crippen molar-refractivity contribution in [2.45, 2.75) is 11.8 Å². The quantitative estimate of drug-likeness (QED) is 0.738. The van der Waals surface area contributed by atoms with E-state index in [4.69, 9.17) is 9.47 Å². The van der Waals surface area contributed by atoms with Crippen LogP contribution in [0, 0.1) is 0 Å². The Morgan fingerprint density at radius 3 is 2.83 bits per heavy atom. The molecule has 0 saturated carbocycles. The summed E-state index contributed by atoms with van der Waals surface area (Å²) < 4.78 is 11.2. The molecule has 0 radical (unpaired) electrons. The van der Waals surface area contributed by atoms with Crippen molar-refractivity contribution in [1.29, 1.82) is 0 Å². The Balaban J connectivity index is 2.03. The molecule has 0 aliphatic carbocycles. The van der Waals surface area contributed by atoms with Crippen LogP contribution in [-0.4, -0.2) is 13.7 Å². The summed E-state index contributed by atoms with van der Waals surface area (Å²) in [4.78, 5) is 0. The molecule has 0 atom stereocenters. The predicted octanol–water partition coefficient (Wildman–Crippen LogP) is 4.27. The lowest BCUT2D eigenvalue weighted by molar-refractivity contribution is 0.295. The summed E-state index contributed by atoms with van der Waals surface area (Å²) in [5, 5.41) is 5.00. The highest BCUT2D eigenvalue weighted by Crippen LogP contribution is 2.32. The Bertz CT molecular complexity index is 460. The van der Waals surface area contributed by atoms with Crippen LogP contribution in [0.4, 0.5) is 0 Å². The molecule has 1 heterocycles. The maximum absolute atomic E-state index is 5.87. The van der Waals surface area contributed by atoms with Crippen LogP contribution in [0.3, 0.4) is 0 Å². The third-order valence-electron chi connectivity index (χ3n) is 2.64. The number of alkyl halides is 1. The SMILES string of the molecule is COc1cccc(CBr)c1OCCc1ccsc1. The molecule has 0 spiro atoms. The van der Waals surface area contributed by atoms with Gasteiger partial charge in [0.25, 0.3) is 0 Å². The molecule has 96 valence electrons. The molecule has 2 rings (SSSR count). The summed E-state index contributed by atoms with van der Waals surface area (Å²) in [5.41, 5.74) is 2.43. The fourth-order valence-electron chi connectivity index (χ4n) is 1.70. The molecule has 1 aromatic heterocycles. The molecule has 0 unspecified atom stereocenters. The molecule has 2 aromatic rings. The van der Waals surface area contributed by atoms with E-state index in [9.17, 15) is 0 Å². The minimum absolute atomic E-state index is 0.664. The molecule has 4 heteroatoms. The Morgan fingerprint density at radius 2 is 2.17 bits per heavy atom. The summed E-state index contributed by atoms with van der Waals surface area (Å²) >= 11 is 5.18. The topological polar surface area (TPSA) is 18.5 Å². The van der Waals surface area contributed by atoms with Gasteiger partial charge in [0.05, 0.1) is 13.7 Å². The molecule has 0 N–H and O–H groups in total. The van der Waals surface area contributed by atoms with Gasteiger partial charge in [0.2, 0.25) is 0 Å². The van der Waals surface area contributed by atoms with Crippen molar-refractivity contribution in [2.75, 3.05) is 13.7 Å². The lowest BCUT2D eigenvalue weighted by Crippen LogP contribution is -2.04. The fourth-order valence-corrected chi connectivity index (χ4v) is 2.84. The van der Waals surface area contributed by atoms with E-state index in [0.717, 1.165) is 28.8 Å². The molecule has 2 nitrogen and oxygen atoms in total. The first kappa shape index (κ1) is 13.4. The van der Waals surface area contributed by atoms with Gasteiger partial charge >= 0.3 is 0 Å². The number of hydrogen-bond donors (Lipinski definition) is 0. The van der Waals surface area contributed by atoms with Gasteiger partial charge < -0.3 is 9.47 Å². The molecule has 0 fully saturated rings. The van der Waals surface area contributed by atoms with Crippen molar-refractivity contribution in [3.63, 3.8) is 0 Å². The number of halogens is 1. The first-order valence-electron chi connectivity index (χ1n) is 5.71. The maximum atomic E-state index is 5.87. The minimum atomic E-state index is 0.664. The van der Waals surface area contributed by atoms with Crippen molar-refractivity contribution in [3.05, 3.63) is 46.2 Å². The maximum Gasteiger partial charge on any atom is 0.165 e. The summed E-state index contributed by atoms with van der Waals surface area (Å²) in [6.07, 6.45) is 0.920. The van der Waals surface area contributed by atoms with E-state index in [1.165, 1.54) is 5.56 Å². The van der Waals surface area contributed by atoms with Crippen LogP contribution in [0.25, 0.3) is 0 Å². The first-order valence-corrected chi connectivity index (χ1v) is 7.77. The lowest BCUT2D eigenvalue weighted by Gasteiger charge is -2.13. The van der Waals surface area contributed by atoms with Crippen LogP contribution >= 0.6 is 27.3 Å². The van der Waals surface area contributed by atoms with Crippen LogP contribution in [0.15, 0.2) is 35.0 Å². The molecule has 0 amide bonds. The monoisotopic (exact) mass is 326 g/mol. The highest BCUT2D eigenvalue weighted by molar-refractivity contribution is 9.08. The van der Waals surface area contributed by atoms with Crippen LogP contribution in [0.1, 0.15) is 11.1 Å². The smallest absolute Gasteiger partial charge is 0.165 e. The van der Waals surface area contributed by atoms with Crippen molar-refractivity contribution < 1.29 is 9.47 Å². The molecule has 0 bridgehead atoms. The zero-order valence-corrected chi connectivity index (χ0v) is 12.6. The zero-order chi connectivity index (χ0) is 12.8. The molecule has 1 aromatic carbocycles. The highest BCUT2D eigenvalue weighted by atomic mass is 79.9. The average Bonchev–Trinajstić information content (AvgIpc) is 2.92. The van der Waals surface area contributed by atoms with Gasteiger partial charge in [-0.15, -0.1) is 0 Å². The second-order valence-electron chi connectivity index (χ2n) is 3.81. The third kappa shape index (κ3) is 3.27. The van der Waals surface area contributed by atoms with E-state index in [0.29, 0.717) is 6.61 Å². The Kier molecular flexibility index (Phi) is 5.08. The lowest BCUT2D eigenvalue weighted by atomic mass is 10.2. The van der Waals surface area contributed by atoms with Crippen molar-refractivity contribution >= 4 is 27.3 Å². The van der Waals surface area contributed by atoms with E-state index in [-0.39, 0.29) is 0 Å². The van der Waals surface area contributed by atoms with E-state index in [1.54, 1.807) is 18.4 Å². The number of ether oxygens (including phenoxy) is 2. The van der Waals surface area contributed by atoms with E-state index in [2.05, 4.69) is 32.8 Å². The van der Waals surface area contributed by atoms with Gasteiger partial charge in [0, 0.05) is 17.3 Å². The van der Waals surface area contributed by atoms with Crippen molar-refractivity contribution in [3.8, 4) is 11.5 Å². The summed E-state index contributed by atoms with van der Waals surface area (Å²) in [7, 11) is 1.67. The van der Waals surface area contributed by atoms with Gasteiger partial charge in [-0.25, -0.2) is 0 Å². The molecular weight excluding hydrogens is 312 g/mol. The second-order valence-corrected chi connectivity index (χ2v) is 5.15. The molecule has 0 aliphatic heterocycles. The molecule has 0 aliphatic rings. The van der Waals surface area contributed by atoms with Crippen LogP contribution < -0.4 is 9.47 Å². The Morgan fingerprint density at radius 1 is 1.28 bits per heavy atom. The molecular formula is C14H15BrO2S. The van der Waals surface area contributed by atoms with Gasteiger partial charge in [-0.2, -0.15) is 11.3 Å². The normalized spacial score (nSPS) is 10.3. The van der Waals surface area contributed by atoms with E-state index >= 15 is 0 Å². The van der Waals surface area contributed by atoms with Gasteiger partial charge in [-0.05, 0) is 28.5 Å². The highest BCUT2D eigenvalue weighted by Gasteiger charge is 2.09. The van der Waals surface area contributed by atoms with Gasteiger partial charge in [-0.1, -0.05) is 28.1 Å². The largest absolute Gasteiger partial charge is 0.493 e. The van der Waals surface area contributed by atoms with Gasteiger partial charge in [-0.3, -0.25) is 0 Å². The van der Waals surface area contributed by atoms with Crippen LogP contribution in [0.5, 0.6) is 11.5 Å². The third-order valence-corrected chi connectivity index (χ3v) is 3.98. The van der Waals surface area contributed by atoms with Gasteiger partial charge in [0.1, 0.15) is 0 Å². The average molecular weight is 327 g/mol. The van der Waals surface area contributed by atoms with Crippen LogP contribution in [0.2, 0.25) is 0 Å². The zero-order valence-electron chi connectivity index (χ0n) is 10.2. The number of rotatable bonds is 6. The van der Waals surface area contributed by atoms with E-state index < -0.39 is 0 Å². The van der Waals surface area contributed by atoms with Crippen LogP contribution in [-0.2, 0) is 11.8 Å². The van der Waals surface area contributed by atoms with Crippen molar-refractivity contribution in [1.82, 2.24) is 0 Å².